The van der Waals surface area contributed by atoms with Gasteiger partial charge in [-0.3, -0.25) is 4.79 Å². The van der Waals surface area contributed by atoms with Crippen LogP contribution in [0.5, 0.6) is 0 Å². The van der Waals surface area contributed by atoms with Crippen LogP contribution in [0.15, 0.2) is 0 Å². The van der Waals surface area contributed by atoms with Gasteiger partial charge in [0.25, 0.3) is 0 Å². The highest BCUT2D eigenvalue weighted by Crippen LogP contribution is 2.40. The van der Waals surface area contributed by atoms with Crippen LogP contribution >= 0.6 is 0 Å². The van der Waals surface area contributed by atoms with E-state index in [-0.39, 0.29) is 18.1 Å². The van der Waals surface area contributed by atoms with Gasteiger partial charge in [0.2, 0.25) is 5.91 Å². The van der Waals surface area contributed by atoms with Gasteiger partial charge in [-0.05, 0) is 26.7 Å². The Labute approximate surface area is 102 Å². The fraction of sp³-hybridized carbons (Fsp3) is 0.917. The number of amides is 1. The molecular formula is C12H22N2O3. The molecule has 0 bridgehead atoms. The summed E-state index contributed by atoms with van der Waals surface area (Å²) in [5.74, 6) is 0.202. The number of carbonyl (C=O) groups excluding carboxylic acids is 1. The molecule has 0 aromatic heterocycles. The Morgan fingerprint density at radius 1 is 1.53 bits per heavy atom. The molecule has 5 nitrogen and oxygen atoms in total. The van der Waals surface area contributed by atoms with Crippen LogP contribution in [0, 0.1) is 0 Å². The molecule has 1 amide bonds. The Kier molecular flexibility index (Phi) is 3.70. The van der Waals surface area contributed by atoms with Crippen molar-refractivity contribution in [2.45, 2.75) is 57.4 Å². The molecule has 0 radical (unpaired) electrons. The van der Waals surface area contributed by atoms with E-state index in [0.717, 1.165) is 25.8 Å². The average Bonchev–Trinajstić information content (AvgIpc) is 2.58. The smallest absolute Gasteiger partial charge is 0.225 e. The van der Waals surface area contributed by atoms with Crippen LogP contribution in [-0.2, 0) is 14.4 Å². The van der Waals surface area contributed by atoms with Gasteiger partial charge in [0.1, 0.15) is 0 Å². The highest BCUT2D eigenvalue weighted by Gasteiger charge is 2.54. The molecule has 0 aliphatic carbocycles. The van der Waals surface area contributed by atoms with Crippen molar-refractivity contribution in [1.82, 2.24) is 10.4 Å². The number of hydrogen-bond donors (Lipinski definition) is 1. The number of piperidine rings is 1. The minimum absolute atomic E-state index is 0.0649. The maximum absolute atomic E-state index is 11.9. The van der Waals surface area contributed by atoms with E-state index in [1.54, 1.807) is 7.11 Å². The number of carbonyl (C=O) groups is 1. The molecule has 2 heterocycles. The standard InChI is InChI=1S/C12H22N2O3/c1-9(2)17-12-7-6-11(15)14(12)8-4-5-10(12)13-16-3/h9-10,13H,4-8H2,1-3H3/t10-,12?/m0/s1. The Balaban J connectivity index is 2.24. The average molecular weight is 242 g/mol. The van der Waals surface area contributed by atoms with E-state index in [4.69, 9.17) is 9.57 Å². The topological polar surface area (TPSA) is 50.8 Å². The molecule has 17 heavy (non-hydrogen) atoms. The molecule has 2 saturated heterocycles. The zero-order chi connectivity index (χ0) is 12.5. The minimum Gasteiger partial charge on any atom is -0.351 e. The predicted octanol–water partition coefficient (Wildman–Crippen LogP) is 1.04. The monoisotopic (exact) mass is 242 g/mol. The Bertz CT molecular complexity index is 293. The second kappa shape index (κ2) is 4.92. The first-order valence-electron chi connectivity index (χ1n) is 6.37. The third-order valence-corrected chi connectivity index (χ3v) is 3.57. The van der Waals surface area contributed by atoms with Gasteiger partial charge in [0, 0.05) is 19.4 Å². The van der Waals surface area contributed by atoms with Crippen LogP contribution in [-0.4, -0.2) is 42.3 Å². The van der Waals surface area contributed by atoms with E-state index < -0.39 is 5.72 Å². The number of nitrogens with one attached hydrogen (secondary N) is 1. The number of hydroxylamine groups is 1. The number of rotatable bonds is 4. The van der Waals surface area contributed by atoms with Crippen molar-refractivity contribution < 1.29 is 14.4 Å². The van der Waals surface area contributed by atoms with Gasteiger partial charge in [0.15, 0.2) is 5.72 Å². The van der Waals surface area contributed by atoms with E-state index in [1.165, 1.54) is 0 Å². The first-order chi connectivity index (χ1) is 8.10. The highest BCUT2D eigenvalue weighted by molar-refractivity contribution is 5.79. The maximum atomic E-state index is 11.9. The summed E-state index contributed by atoms with van der Waals surface area (Å²) in [5, 5.41) is 0. The lowest BCUT2D eigenvalue weighted by Gasteiger charge is -2.48. The molecule has 0 spiro atoms. The Morgan fingerprint density at radius 3 is 2.94 bits per heavy atom. The van der Waals surface area contributed by atoms with Gasteiger partial charge in [-0.25, -0.2) is 0 Å². The lowest BCUT2D eigenvalue weighted by atomic mass is 9.92. The molecule has 0 aromatic rings. The number of fused-ring (bicyclic) bond motifs is 1. The first-order valence-corrected chi connectivity index (χ1v) is 6.37. The van der Waals surface area contributed by atoms with Crippen LogP contribution < -0.4 is 5.48 Å². The summed E-state index contributed by atoms with van der Waals surface area (Å²) in [7, 11) is 1.61. The van der Waals surface area contributed by atoms with Gasteiger partial charge in [-0.1, -0.05) is 0 Å². The number of hydrogen-bond acceptors (Lipinski definition) is 4. The number of nitrogens with zero attached hydrogens (tertiary/aromatic N) is 1. The maximum Gasteiger partial charge on any atom is 0.225 e. The summed E-state index contributed by atoms with van der Waals surface area (Å²) >= 11 is 0. The van der Waals surface area contributed by atoms with E-state index in [9.17, 15) is 4.79 Å². The van der Waals surface area contributed by atoms with Crippen molar-refractivity contribution in [1.29, 1.82) is 0 Å². The molecule has 1 unspecified atom stereocenters. The van der Waals surface area contributed by atoms with Crippen LogP contribution in [0.1, 0.15) is 39.5 Å². The zero-order valence-electron chi connectivity index (χ0n) is 10.9. The molecular weight excluding hydrogens is 220 g/mol. The Hall–Kier alpha value is -0.650. The second-order valence-electron chi connectivity index (χ2n) is 5.07. The fourth-order valence-electron chi connectivity index (χ4n) is 3.03. The molecule has 0 saturated carbocycles. The van der Waals surface area contributed by atoms with E-state index in [1.807, 2.05) is 18.7 Å². The Morgan fingerprint density at radius 2 is 2.29 bits per heavy atom. The third kappa shape index (κ3) is 2.19. The van der Waals surface area contributed by atoms with Crippen LogP contribution in [0.2, 0.25) is 0 Å². The quantitative estimate of drug-likeness (QED) is 0.748. The van der Waals surface area contributed by atoms with Crippen molar-refractivity contribution in [3.63, 3.8) is 0 Å². The lowest BCUT2D eigenvalue weighted by molar-refractivity contribution is -0.211. The van der Waals surface area contributed by atoms with Crippen LogP contribution in [0.3, 0.4) is 0 Å². The molecule has 2 atom stereocenters. The van der Waals surface area contributed by atoms with Gasteiger partial charge < -0.3 is 14.5 Å². The fourth-order valence-corrected chi connectivity index (χ4v) is 3.03. The normalized spacial score (nSPS) is 33.3. The lowest BCUT2D eigenvalue weighted by Crippen LogP contribution is -2.64. The summed E-state index contributed by atoms with van der Waals surface area (Å²) in [4.78, 5) is 18.9. The van der Waals surface area contributed by atoms with Crippen LogP contribution in [0.25, 0.3) is 0 Å². The molecule has 2 rings (SSSR count). The molecule has 98 valence electrons. The first kappa shape index (κ1) is 12.8. The highest BCUT2D eigenvalue weighted by atomic mass is 16.6. The molecule has 1 N–H and O–H groups in total. The predicted molar refractivity (Wildman–Crippen MR) is 63.1 cm³/mol. The summed E-state index contributed by atoms with van der Waals surface area (Å²) < 4.78 is 6.10. The molecule has 2 aliphatic heterocycles. The van der Waals surface area contributed by atoms with Crippen LogP contribution in [0.4, 0.5) is 0 Å². The zero-order valence-corrected chi connectivity index (χ0v) is 10.9. The SMILES string of the molecule is CON[C@H]1CCCN2C(=O)CCC12OC(C)C. The van der Waals surface area contributed by atoms with E-state index in [0.29, 0.717) is 6.42 Å². The van der Waals surface area contributed by atoms with Crippen molar-refractivity contribution >= 4 is 5.91 Å². The third-order valence-electron chi connectivity index (χ3n) is 3.57. The summed E-state index contributed by atoms with van der Waals surface area (Å²) in [5.41, 5.74) is 2.50. The molecule has 2 aliphatic rings. The van der Waals surface area contributed by atoms with Crippen molar-refractivity contribution in [3.8, 4) is 0 Å². The van der Waals surface area contributed by atoms with Crippen molar-refractivity contribution in [3.05, 3.63) is 0 Å². The molecule has 2 fully saturated rings. The van der Waals surface area contributed by atoms with E-state index in [2.05, 4.69) is 5.48 Å². The summed E-state index contributed by atoms with van der Waals surface area (Å²) in [6.45, 7) is 4.82. The van der Waals surface area contributed by atoms with E-state index >= 15 is 0 Å². The molecule has 0 aromatic carbocycles. The van der Waals surface area contributed by atoms with Gasteiger partial charge in [0.05, 0.1) is 19.3 Å². The van der Waals surface area contributed by atoms with Gasteiger partial charge in [-0.2, -0.15) is 5.48 Å². The van der Waals surface area contributed by atoms with Gasteiger partial charge >= 0.3 is 0 Å². The second-order valence-corrected chi connectivity index (χ2v) is 5.07. The van der Waals surface area contributed by atoms with Gasteiger partial charge in [-0.15, -0.1) is 0 Å². The van der Waals surface area contributed by atoms with Crippen molar-refractivity contribution in [2.24, 2.45) is 0 Å². The summed E-state index contributed by atoms with van der Waals surface area (Å²) in [6.07, 6.45) is 3.41. The molecule has 5 heteroatoms. The summed E-state index contributed by atoms with van der Waals surface area (Å²) in [6, 6.07) is 0.0649. The number of ether oxygens (including phenoxy) is 1. The largest absolute Gasteiger partial charge is 0.351 e. The minimum atomic E-state index is -0.500. The van der Waals surface area contributed by atoms with Crippen molar-refractivity contribution in [2.75, 3.05) is 13.7 Å².